The molecule has 2 aromatic rings. The monoisotopic (exact) mass is 270 g/mol. The van der Waals surface area contributed by atoms with Crippen molar-refractivity contribution in [3.63, 3.8) is 0 Å². The molecule has 20 heavy (non-hydrogen) atoms. The van der Waals surface area contributed by atoms with E-state index < -0.39 is 0 Å². The smallest absolute Gasteiger partial charge is 0.119 e. The lowest BCUT2D eigenvalue weighted by molar-refractivity contribution is 0.415. The van der Waals surface area contributed by atoms with Crippen LogP contribution < -0.4 is 15.4 Å². The summed E-state index contributed by atoms with van der Waals surface area (Å²) in [5.74, 6) is 0.867. The number of anilines is 2. The quantitative estimate of drug-likeness (QED) is 0.896. The highest BCUT2D eigenvalue weighted by Crippen LogP contribution is 2.26. The normalized spacial score (nSPS) is 12.0. The van der Waals surface area contributed by atoms with Crippen LogP contribution in [0, 0.1) is 0 Å². The van der Waals surface area contributed by atoms with E-state index in [1.54, 1.807) is 7.11 Å². The summed E-state index contributed by atoms with van der Waals surface area (Å²) >= 11 is 0. The van der Waals surface area contributed by atoms with Gasteiger partial charge in [-0.25, -0.2) is 0 Å². The predicted molar refractivity (Wildman–Crippen MR) is 84.7 cm³/mol. The summed E-state index contributed by atoms with van der Waals surface area (Å²) in [5, 5.41) is 0. The molecule has 2 rings (SSSR count). The summed E-state index contributed by atoms with van der Waals surface area (Å²) in [7, 11) is 3.73. The minimum atomic E-state index is 0.121. The molecule has 0 aromatic heterocycles. The fraction of sp³-hybridized carbons (Fsp3) is 0.294. The van der Waals surface area contributed by atoms with Crippen molar-refractivity contribution in [1.82, 2.24) is 0 Å². The number of nitrogens with zero attached hydrogens (tertiary/aromatic N) is 1. The molecule has 106 valence electrons. The average Bonchev–Trinajstić information content (AvgIpc) is 2.53. The van der Waals surface area contributed by atoms with Crippen molar-refractivity contribution < 1.29 is 4.74 Å². The van der Waals surface area contributed by atoms with Gasteiger partial charge in [-0.1, -0.05) is 19.1 Å². The van der Waals surface area contributed by atoms with E-state index in [1.807, 2.05) is 24.3 Å². The van der Waals surface area contributed by atoms with Crippen molar-refractivity contribution in [2.45, 2.75) is 19.4 Å². The lowest BCUT2D eigenvalue weighted by Crippen LogP contribution is -2.11. The van der Waals surface area contributed by atoms with Crippen LogP contribution in [0.15, 0.2) is 48.5 Å². The number of rotatable bonds is 5. The molecule has 0 fully saturated rings. The molecule has 0 bridgehead atoms. The van der Waals surface area contributed by atoms with Crippen LogP contribution in [0.2, 0.25) is 0 Å². The Morgan fingerprint density at radius 1 is 1.00 bits per heavy atom. The van der Waals surface area contributed by atoms with Crippen LogP contribution in [-0.4, -0.2) is 14.2 Å². The Labute approximate surface area is 121 Å². The molecule has 0 amide bonds. The van der Waals surface area contributed by atoms with E-state index in [0.29, 0.717) is 0 Å². The van der Waals surface area contributed by atoms with Crippen LogP contribution in [0.1, 0.15) is 24.9 Å². The number of methoxy groups -OCH3 is 1. The van der Waals surface area contributed by atoms with Crippen molar-refractivity contribution in [2.75, 3.05) is 19.1 Å². The Hall–Kier alpha value is -2.00. The van der Waals surface area contributed by atoms with E-state index in [-0.39, 0.29) is 6.04 Å². The van der Waals surface area contributed by atoms with Crippen molar-refractivity contribution in [2.24, 2.45) is 5.73 Å². The van der Waals surface area contributed by atoms with Gasteiger partial charge in [0.1, 0.15) is 5.75 Å². The van der Waals surface area contributed by atoms with Gasteiger partial charge in [-0.05, 0) is 48.4 Å². The number of benzene rings is 2. The van der Waals surface area contributed by atoms with E-state index in [0.717, 1.165) is 23.5 Å². The minimum Gasteiger partial charge on any atom is -0.497 e. The molecule has 2 N–H and O–H groups in total. The molecule has 0 aliphatic carbocycles. The summed E-state index contributed by atoms with van der Waals surface area (Å²) in [6.07, 6.45) is 0.952. The lowest BCUT2D eigenvalue weighted by atomic mass is 10.1. The topological polar surface area (TPSA) is 38.5 Å². The van der Waals surface area contributed by atoms with Crippen molar-refractivity contribution in [3.8, 4) is 5.75 Å². The van der Waals surface area contributed by atoms with Gasteiger partial charge >= 0.3 is 0 Å². The fourth-order valence-electron chi connectivity index (χ4n) is 2.14. The first-order chi connectivity index (χ1) is 9.65. The van der Waals surface area contributed by atoms with Gasteiger partial charge in [0, 0.05) is 24.5 Å². The highest BCUT2D eigenvalue weighted by atomic mass is 16.5. The molecule has 0 saturated heterocycles. The van der Waals surface area contributed by atoms with E-state index in [9.17, 15) is 0 Å². The predicted octanol–water partition coefficient (Wildman–Crippen LogP) is 3.87. The second-order valence-electron chi connectivity index (χ2n) is 4.86. The maximum absolute atomic E-state index is 6.04. The zero-order chi connectivity index (χ0) is 14.5. The van der Waals surface area contributed by atoms with Gasteiger partial charge < -0.3 is 15.4 Å². The Morgan fingerprint density at radius 3 is 1.95 bits per heavy atom. The van der Waals surface area contributed by atoms with E-state index >= 15 is 0 Å². The molecule has 3 nitrogen and oxygen atoms in total. The van der Waals surface area contributed by atoms with Gasteiger partial charge in [-0.2, -0.15) is 0 Å². The first-order valence-corrected chi connectivity index (χ1v) is 6.89. The van der Waals surface area contributed by atoms with Gasteiger partial charge in [-0.15, -0.1) is 0 Å². The molecular formula is C17H22N2O. The van der Waals surface area contributed by atoms with Gasteiger partial charge in [0.05, 0.1) is 7.11 Å². The maximum Gasteiger partial charge on any atom is 0.119 e. The first-order valence-electron chi connectivity index (χ1n) is 6.89. The molecule has 2 aromatic carbocycles. The number of hydrogen-bond donors (Lipinski definition) is 1. The summed E-state index contributed by atoms with van der Waals surface area (Å²) in [6, 6.07) is 16.6. The molecular weight excluding hydrogens is 248 g/mol. The van der Waals surface area contributed by atoms with Crippen LogP contribution in [-0.2, 0) is 0 Å². The molecule has 0 saturated carbocycles. The van der Waals surface area contributed by atoms with E-state index in [1.165, 1.54) is 5.56 Å². The van der Waals surface area contributed by atoms with Gasteiger partial charge in [0.15, 0.2) is 0 Å². The average molecular weight is 270 g/mol. The molecule has 0 aliphatic heterocycles. The fourth-order valence-corrected chi connectivity index (χ4v) is 2.14. The third-order valence-electron chi connectivity index (χ3n) is 3.61. The summed E-state index contributed by atoms with van der Waals surface area (Å²) < 4.78 is 5.18. The van der Waals surface area contributed by atoms with Crippen molar-refractivity contribution in [3.05, 3.63) is 54.1 Å². The standard InChI is InChI=1S/C17H22N2O/c1-4-17(18)13-5-7-14(8-6-13)19(2)15-9-11-16(20-3)12-10-15/h5-12,17H,4,18H2,1-3H3. The Balaban J connectivity index is 2.17. The van der Waals surface area contributed by atoms with Crippen molar-refractivity contribution >= 4 is 11.4 Å². The Bertz CT molecular complexity index is 534. The van der Waals surface area contributed by atoms with Crippen LogP contribution in [0.5, 0.6) is 5.75 Å². The van der Waals surface area contributed by atoms with Crippen LogP contribution in [0.4, 0.5) is 11.4 Å². The lowest BCUT2D eigenvalue weighted by Gasteiger charge is -2.20. The number of nitrogens with two attached hydrogens (primary N) is 1. The molecule has 1 unspecified atom stereocenters. The number of hydrogen-bond acceptors (Lipinski definition) is 3. The highest BCUT2D eigenvalue weighted by molar-refractivity contribution is 5.63. The molecule has 0 aliphatic rings. The van der Waals surface area contributed by atoms with Crippen LogP contribution in [0.3, 0.4) is 0 Å². The van der Waals surface area contributed by atoms with Crippen molar-refractivity contribution in [1.29, 1.82) is 0 Å². The molecule has 0 heterocycles. The summed E-state index contributed by atoms with van der Waals surface area (Å²) in [4.78, 5) is 2.14. The zero-order valence-electron chi connectivity index (χ0n) is 12.3. The second kappa shape index (κ2) is 6.44. The molecule has 3 heteroatoms. The second-order valence-corrected chi connectivity index (χ2v) is 4.86. The third-order valence-corrected chi connectivity index (χ3v) is 3.61. The Kier molecular flexibility index (Phi) is 4.64. The van der Waals surface area contributed by atoms with E-state index in [4.69, 9.17) is 10.5 Å². The minimum absolute atomic E-state index is 0.121. The van der Waals surface area contributed by atoms with Gasteiger partial charge in [0.2, 0.25) is 0 Å². The molecule has 0 radical (unpaired) electrons. The molecule has 1 atom stereocenters. The van der Waals surface area contributed by atoms with Crippen LogP contribution >= 0.6 is 0 Å². The maximum atomic E-state index is 6.04. The number of ether oxygens (including phenoxy) is 1. The summed E-state index contributed by atoms with van der Waals surface area (Å²) in [5.41, 5.74) is 9.48. The third kappa shape index (κ3) is 3.11. The van der Waals surface area contributed by atoms with Gasteiger partial charge in [0.25, 0.3) is 0 Å². The largest absolute Gasteiger partial charge is 0.497 e. The van der Waals surface area contributed by atoms with E-state index in [2.05, 4.69) is 43.1 Å². The zero-order valence-corrected chi connectivity index (χ0v) is 12.3. The SMILES string of the molecule is CCC(N)c1ccc(N(C)c2ccc(OC)cc2)cc1. The van der Waals surface area contributed by atoms with Crippen LogP contribution in [0.25, 0.3) is 0 Å². The highest BCUT2D eigenvalue weighted by Gasteiger charge is 2.06. The Morgan fingerprint density at radius 2 is 1.50 bits per heavy atom. The van der Waals surface area contributed by atoms with Gasteiger partial charge in [-0.3, -0.25) is 0 Å². The summed E-state index contributed by atoms with van der Waals surface area (Å²) in [6.45, 7) is 2.10. The molecule has 0 spiro atoms. The first kappa shape index (κ1) is 14.4.